The predicted octanol–water partition coefficient (Wildman–Crippen LogP) is 2.82. The number of carboxylic acids is 1. The Morgan fingerprint density at radius 2 is 2.00 bits per heavy atom. The number of aliphatic carboxylic acids is 1. The molecule has 124 valence electrons. The van der Waals surface area contributed by atoms with Crippen LogP contribution in [-0.4, -0.2) is 35.2 Å². The smallest absolute Gasteiger partial charge is 0.326 e. The number of hydrogen-bond acceptors (Lipinski definition) is 4. The molecule has 0 saturated carbocycles. The first-order chi connectivity index (χ1) is 10.8. The Morgan fingerprint density at radius 1 is 1.30 bits per heavy atom. The molecule has 2 rings (SSSR count). The highest BCUT2D eigenvalue weighted by Gasteiger charge is 2.23. The molecule has 1 aromatic heterocycles. The van der Waals surface area contributed by atoms with Crippen molar-refractivity contribution < 1.29 is 23.8 Å². The van der Waals surface area contributed by atoms with Gasteiger partial charge in [0.1, 0.15) is 11.6 Å². The van der Waals surface area contributed by atoms with Crippen molar-refractivity contribution in [3.63, 3.8) is 0 Å². The highest BCUT2D eigenvalue weighted by Crippen LogP contribution is 2.18. The Bertz CT molecular complexity index is 665. The molecule has 0 radical (unpaired) electrons. The van der Waals surface area contributed by atoms with E-state index in [2.05, 4.69) is 5.32 Å². The first-order valence-electron chi connectivity index (χ1n) is 7.42. The fourth-order valence-corrected chi connectivity index (χ4v) is 2.06. The Kier molecular flexibility index (Phi) is 5.05. The summed E-state index contributed by atoms with van der Waals surface area (Å²) in [5.41, 5.74) is 0.229. The molecular formula is C17H21NO5. The van der Waals surface area contributed by atoms with Crippen LogP contribution in [0, 0.1) is 0 Å². The van der Waals surface area contributed by atoms with Gasteiger partial charge in [0, 0.05) is 18.4 Å². The van der Waals surface area contributed by atoms with Gasteiger partial charge in [-0.3, -0.25) is 4.79 Å². The van der Waals surface area contributed by atoms with Gasteiger partial charge in [-0.15, -0.1) is 0 Å². The van der Waals surface area contributed by atoms with E-state index in [4.69, 9.17) is 9.15 Å². The summed E-state index contributed by atoms with van der Waals surface area (Å²) in [7, 11) is 0. The second-order valence-corrected chi connectivity index (χ2v) is 6.26. The normalized spacial score (nSPS) is 13.0. The second-order valence-electron chi connectivity index (χ2n) is 6.26. The molecule has 1 heterocycles. The van der Waals surface area contributed by atoms with Gasteiger partial charge in [-0.05, 0) is 32.9 Å². The molecule has 23 heavy (non-hydrogen) atoms. The van der Waals surface area contributed by atoms with E-state index in [9.17, 15) is 14.7 Å². The van der Waals surface area contributed by atoms with E-state index in [1.165, 1.54) is 0 Å². The topological polar surface area (TPSA) is 88.8 Å². The van der Waals surface area contributed by atoms with Crippen LogP contribution >= 0.6 is 0 Å². The number of hydrogen-bond donors (Lipinski definition) is 2. The molecule has 0 aliphatic carbocycles. The minimum Gasteiger partial charge on any atom is -0.480 e. The number of carbonyl (C=O) groups excluding carboxylic acids is 1. The summed E-state index contributed by atoms with van der Waals surface area (Å²) in [5, 5.41) is 12.5. The minimum atomic E-state index is -1.10. The molecule has 0 saturated heterocycles. The van der Waals surface area contributed by atoms with Crippen LogP contribution in [0.3, 0.4) is 0 Å². The van der Waals surface area contributed by atoms with Gasteiger partial charge in [-0.1, -0.05) is 18.2 Å². The van der Waals surface area contributed by atoms with Crippen LogP contribution in [0.5, 0.6) is 0 Å². The molecule has 0 spiro atoms. The largest absolute Gasteiger partial charge is 0.480 e. The first kappa shape index (κ1) is 17.0. The zero-order valence-corrected chi connectivity index (χ0v) is 13.5. The molecule has 6 nitrogen and oxygen atoms in total. The number of carboxylic acid groups (broad SMARTS) is 1. The summed E-state index contributed by atoms with van der Waals surface area (Å²) < 4.78 is 10.9. The number of carbonyl (C=O) groups is 2. The Morgan fingerprint density at radius 3 is 2.61 bits per heavy atom. The molecule has 1 atom stereocenters. The Hall–Kier alpha value is -2.34. The maximum Gasteiger partial charge on any atom is 0.326 e. The molecule has 0 aliphatic heterocycles. The molecule has 0 fully saturated rings. The quantitative estimate of drug-likeness (QED) is 0.854. The van der Waals surface area contributed by atoms with E-state index in [0.717, 1.165) is 5.39 Å². The average Bonchev–Trinajstić information content (AvgIpc) is 2.88. The van der Waals surface area contributed by atoms with Gasteiger partial charge in [0.05, 0.1) is 5.60 Å². The lowest BCUT2D eigenvalue weighted by atomic mass is 10.1. The maximum absolute atomic E-state index is 12.2. The van der Waals surface area contributed by atoms with Crippen LogP contribution in [0.2, 0.25) is 0 Å². The fourth-order valence-electron chi connectivity index (χ4n) is 2.06. The van der Waals surface area contributed by atoms with E-state index in [-0.39, 0.29) is 24.4 Å². The predicted molar refractivity (Wildman–Crippen MR) is 85.4 cm³/mol. The third-order valence-corrected chi connectivity index (χ3v) is 3.19. The van der Waals surface area contributed by atoms with Gasteiger partial charge in [0.2, 0.25) is 0 Å². The van der Waals surface area contributed by atoms with Crippen LogP contribution in [0.15, 0.2) is 34.7 Å². The molecule has 2 aromatic rings. The van der Waals surface area contributed by atoms with Crippen molar-refractivity contribution in [3.8, 4) is 0 Å². The number of furan rings is 1. The van der Waals surface area contributed by atoms with Crippen molar-refractivity contribution >= 4 is 22.8 Å². The van der Waals surface area contributed by atoms with Gasteiger partial charge in [-0.25, -0.2) is 4.79 Å². The number of ether oxygens (including phenoxy) is 1. The van der Waals surface area contributed by atoms with Crippen LogP contribution < -0.4 is 5.32 Å². The lowest BCUT2D eigenvalue weighted by molar-refractivity contribution is -0.140. The highest BCUT2D eigenvalue weighted by atomic mass is 16.5. The minimum absolute atomic E-state index is 0.0918. The van der Waals surface area contributed by atoms with Crippen LogP contribution in [-0.2, 0) is 9.53 Å². The zero-order valence-electron chi connectivity index (χ0n) is 13.5. The van der Waals surface area contributed by atoms with Crippen molar-refractivity contribution in [1.29, 1.82) is 0 Å². The van der Waals surface area contributed by atoms with Crippen LogP contribution in [0.25, 0.3) is 11.0 Å². The van der Waals surface area contributed by atoms with Crippen molar-refractivity contribution in [3.05, 3.63) is 36.1 Å². The van der Waals surface area contributed by atoms with E-state index < -0.39 is 17.9 Å². The monoisotopic (exact) mass is 319 g/mol. The summed E-state index contributed by atoms with van der Waals surface area (Å²) in [6.45, 7) is 5.89. The van der Waals surface area contributed by atoms with E-state index in [1.807, 2.05) is 32.9 Å². The Labute approximate surface area is 134 Å². The number of nitrogens with one attached hydrogen (secondary N) is 1. The number of amides is 1. The number of benzene rings is 1. The summed E-state index contributed by atoms with van der Waals surface area (Å²) in [6.07, 6.45) is 0.179. The van der Waals surface area contributed by atoms with Crippen molar-refractivity contribution in [2.24, 2.45) is 0 Å². The summed E-state index contributed by atoms with van der Waals surface area (Å²) in [4.78, 5) is 23.5. The first-order valence-corrected chi connectivity index (χ1v) is 7.42. The van der Waals surface area contributed by atoms with Gasteiger partial charge >= 0.3 is 5.97 Å². The fraction of sp³-hybridized carbons (Fsp3) is 0.412. The highest BCUT2D eigenvalue weighted by molar-refractivity contribution is 5.97. The van der Waals surface area contributed by atoms with E-state index in [0.29, 0.717) is 5.58 Å². The molecule has 6 heteroatoms. The SMILES string of the molecule is CC(C)(C)OCCC(NC(=O)c1cc2ccccc2o1)C(=O)O. The standard InChI is InChI=1S/C17H21NO5/c1-17(2,3)22-9-8-12(16(20)21)18-15(19)14-10-11-6-4-5-7-13(11)23-14/h4-7,10,12H,8-9H2,1-3H3,(H,18,19)(H,20,21). The van der Waals surface area contributed by atoms with E-state index in [1.54, 1.807) is 18.2 Å². The third-order valence-electron chi connectivity index (χ3n) is 3.19. The van der Waals surface area contributed by atoms with Crippen molar-refractivity contribution in [2.75, 3.05) is 6.61 Å². The van der Waals surface area contributed by atoms with E-state index >= 15 is 0 Å². The lowest BCUT2D eigenvalue weighted by Gasteiger charge is -2.21. The molecule has 2 N–H and O–H groups in total. The number of para-hydroxylation sites is 1. The number of rotatable bonds is 6. The van der Waals surface area contributed by atoms with Gasteiger partial charge in [-0.2, -0.15) is 0 Å². The van der Waals surface area contributed by atoms with Gasteiger partial charge < -0.3 is 19.6 Å². The maximum atomic E-state index is 12.2. The van der Waals surface area contributed by atoms with Crippen LogP contribution in [0.4, 0.5) is 0 Å². The second kappa shape index (κ2) is 6.83. The third kappa shape index (κ3) is 4.82. The molecular weight excluding hydrogens is 298 g/mol. The van der Waals surface area contributed by atoms with Gasteiger partial charge in [0.15, 0.2) is 5.76 Å². The van der Waals surface area contributed by atoms with Gasteiger partial charge in [0.25, 0.3) is 5.91 Å². The number of fused-ring (bicyclic) bond motifs is 1. The molecule has 1 unspecified atom stereocenters. The van der Waals surface area contributed by atoms with Crippen molar-refractivity contribution in [1.82, 2.24) is 5.32 Å². The Balaban J connectivity index is 2.01. The summed E-state index contributed by atoms with van der Waals surface area (Å²) >= 11 is 0. The van der Waals surface area contributed by atoms with Crippen LogP contribution in [0.1, 0.15) is 37.7 Å². The molecule has 1 amide bonds. The van der Waals surface area contributed by atoms with Crippen molar-refractivity contribution in [2.45, 2.75) is 38.8 Å². The average molecular weight is 319 g/mol. The molecule has 0 aliphatic rings. The summed E-state index contributed by atoms with van der Waals surface area (Å²) in [6, 6.07) is 7.77. The molecule has 1 aromatic carbocycles. The molecule has 0 bridgehead atoms. The summed E-state index contributed by atoms with van der Waals surface area (Å²) in [5.74, 6) is -1.56. The zero-order chi connectivity index (χ0) is 17.0. The lowest BCUT2D eigenvalue weighted by Crippen LogP contribution is -2.41.